The number of sulfonamides is 1. The Hall–Kier alpha value is -3.52. The summed E-state index contributed by atoms with van der Waals surface area (Å²) in [5.41, 5.74) is 2.30. The first-order valence-corrected chi connectivity index (χ1v) is 12.6. The van der Waals surface area contributed by atoms with Crippen molar-refractivity contribution in [2.75, 3.05) is 18.0 Å². The van der Waals surface area contributed by atoms with Crippen molar-refractivity contribution in [1.82, 2.24) is 5.32 Å². The number of carbonyl (C=O) groups excluding carboxylic acids is 1. The first-order chi connectivity index (χ1) is 16.3. The minimum atomic E-state index is -3.89. The van der Waals surface area contributed by atoms with Gasteiger partial charge in [-0.25, -0.2) is 8.42 Å². The highest BCUT2D eigenvalue weighted by Crippen LogP contribution is 2.37. The van der Waals surface area contributed by atoms with Gasteiger partial charge in [-0.3, -0.25) is 9.10 Å². The van der Waals surface area contributed by atoms with Crippen molar-refractivity contribution in [3.8, 4) is 11.5 Å². The molecule has 1 N–H and O–H groups in total. The lowest BCUT2D eigenvalue weighted by Crippen LogP contribution is -2.51. The van der Waals surface area contributed by atoms with Crippen molar-refractivity contribution < 1.29 is 22.7 Å². The fourth-order valence-corrected chi connectivity index (χ4v) is 5.40. The van der Waals surface area contributed by atoms with Crippen LogP contribution in [0.4, 0.5) is 5.69 Å². The van der Waals surface area contributed by atoms with Crippen LogP contribution in [0, 0.1) is 6.92 Å². The largest absolute Gasteiger partial charge is 0.497 e. The first-order valence-electron chi connectivity index (χ1n) is 11.1. The molecular weight excluding hydrogens is 452 g/mol. The monoisotopic (exact) mass is 480 g/mol. The Kier molecular flexibility index (Phi) is 6.79. The van der Waals surface area contributed by atoms with Crippen LogP contribution in [0.25, 0.3) is 0 Å². The van der Waals surface area contributed by atoms with E-state index < -0.39 is 16.1 Å². The number of nitrogens with zero attached hydrogens (tertiary/aromatic N) is 1. The number of fused-ring (bicyclic) bond motifs is 1. The fraction of sp³-hybridized carbons (Fsp3) is 0.269. The highest BCUT2D eigenvalue weighted by molar-refractivity contribution is 7.92. The molecule has 1 aliphatic heterocycles. The summed E-state index contributed by atoms with van der Waals surface area (Å²) in [6.07, 6.45) is -0.338. The number of benzene rings is 3. The molecule has 0 aromatic heterocycles. The minimum Gasteiger partial charge on any atom is -0.497 e. The first kappa shape index (κ1) is 23.6. The van der Waals surface area contributed by atoms with Crippen molar-refractivity contribution >= 4 is 21.6 Å². The summed E-state index contributed by atoms with van der Waals surface area (Å²) in [6.45, 7) is 3.74. The van der Waals surface area contributed by atoms with E-state index >= 15 is 0 Å². The van der Waals surface area contributed by atoms with Gasteiger partial charge in [0.25, 0.3) is 15.9 Å². The molecule has 178 valence electrons. The highest BCUT2D eigenvalue weighted by Gasteiger charge is 2.38. The third-order valence-electron chi connectivity index (χ3n) is 5.88. The molecule has 0 spiro atoms. The van der Waals surface area contributed by atoms with Gasteiger partial charge < -0.3 is 14.8 Å². The van der Waals surface area contributed by atoms with E-state index in [1.165, 1.54) is 4.31 Å². The summed E-state index contributed by atoms with van der Waals surface area (Å²) < 4.78 is 39.5. The summed E-state index contributed by atoms with van der Waals surface area (Å²) in [6, 6.07) is 20.8. The zero-order chi connectivity index (χ0) is 24.3. The van der Waals surface area contributed by atoms with Gasteiger partial charge in [0, 0.05) is 0 Å². The van der Waals surface area contributed by atoms with Crippen LogP contribution in [-0.4, -0.2) is 34.1 Å². The van der Waals surface area contributed by atoms with E-state index in [4.69, 9.17) is 9.47 Å². The third-order valence-corrected chi connectivity index (χ3v) is 7.67. The molecule has 4 rings (SSSR count). The van der Waals surface area contributed by atoms with Gasteiger partial charge in [0.15, 0.2) is 6.10 Å². The van der Waals surface area contributed by atoms with E-state index in [2.05, 4.69) is 5.32 Å². The van der Waals surface area contributed by atoms with Crippen molar-refractivity contribution in [2.24, 2.45) is 0 Å². The van der Waals surface area contributed by atoms with Crippen molar-refractivity contribution in [3.05, 3.63) is 83.9 Å². The number of anilines is 1. The summed E-state index contributed by atoms with van der Waals surface area (Å²) in [5.74, 6) is 0.706. The lowest BCUT2D eigenvalue weighted by Gasteiger charge is -2.35. The van der Waals surface area contributed by atoms with Gasteiger partial charge in [0.2, 0.25) is 0 Å². The smallest absolute Gasteiger partial charge is 0.264 e. The van der Waals surface area contributed by atoms with E-state index in [1.807, 2.05) is 38.1 Å². The number of methoxy groups -OCH3 is 1. The molecule has 3 aromatic carbocycles. The molecule has 1 amide bonds. The Balaban J connectivity index is 1.60. The van der Waals surface area contributed by atoms with Gasteiger partial charge in [-0.2, -0.15) is 0 Å². The zero-order valence-electron chi connectivity index (χ0n) is 19.4. The molecule has 0 saturated heterocycles. The minimum absolute atomic E-state index is 0.127. The molecule has 7 nitrogen and oxygen atoms in total. The molecule has 0 unspecified atom stereocenters. The Morgan fingerprint density at radius 3 is 2.41 bits per heavy atom. The number of ether oxygens (including phenoxy) is 2. The third kappa shape index (κ3) is 4.72. The normalized spacial score (nSPS) is 16.2. The van der Waals surface area contributed by atoms with Crippen LogP contribution in [0.5, 0.6) is 11.5 Å². The number of para-hydroxylation sites is 2. The Morgan fingerprint density at radius 2 is 1.76 bits per heavy atom. The lowest BCUT2D eigenvalue weighted by molar-refractivity contribution is -0.128. The number of hydrogen-bond donors (Lipinski definition) is 1. The average Bonchev–Trinajstić information content (AvgIpc) is 2.86. The number of nitrogens with one attached hydrogen (secondary N) is 1. The van der Waals surface area contributed by atoms with Crippen molar-refractivity contribution in [2.45, 2.75) is 37.3 Å². The molecule has 34 heavy (non-hydrogen) atoms. The SMILES string of the molecule is CC[C@@H](NC(=O)[C@H]1CN(S(=O)(=O)c2ccc(C)cc2)c2ccccc2O1)c1ccc(OC)cc1. The Labute approximate surface area is 200 Å². The molecule has 0 aliphatic carbocycles. The summed E-state index contributed by atoms with van der Waals surface area (Å²) in [7, 11) is -2.29. The number of amides is 1. The zero-order valence-corrected chi connectivity index (χ0v) is 20.2. The fourth-order valence-electron chi connectivity index (χ4n) is 3.93. The van der Waals surface area contributed by atoms with Gasteiger partial charge in [0.05, 0.1) is 30.3 Å². The van der Waals surface area contributed by atoms with Crippen LogP contribution in [0.3, 0.4) is 0 Å². The lowest BCUT2D eigenvalue weighted by atomic mass is 10.0. The van der Waals surface area contributed by atoms with E-state index in [1.54, 1.807) is 55.6 Å². The van der Waals surface area contributed by atoms with Crippen molar-refractivity contribution in [3.63, 3.8) is 0 Å². The van der Waals surface area contributed by atoms with Gasteiger partial charge in [0.1, 0.15) is 11.5 Å². The standard InChI is InChI=1S/C26H28N2O5S/c1-4-22(19-11-13-20(32-3)14-12-19)27-26(29)25-17-28(23-7-5-6-8-24(23)33-25)34(30,31)21-15-9-18(2)10-16-21/h5-16,22,25H,4,17H2,1-3H3,(H,27,29)/t22-,25-/m1/s1. The molecule has 1 aliphatic rings. The maximum absolute atomic E-state index is 13.5. The second-order valence-corrected chi connectivity index (χ2v) is 10.0. The van der Waals surface area contributed by atoms with E-state index in [0.29, 0.717) is 17.9 Å². The predicted octanol–water partition coefficient (Wildman–Crippen LogP) is 4.23. The second-order valence-electron chi connectivity index (χ2n) is 8.17. The van der Waals surface area contributed by atoms with E-state index in [9.17, 15) is 13.2 Å². The molecule has 3 aromatic rings. The highest BCUT2D eigenvalue weighted by atomic mass is 32.2. The number of hydrogen-bond acceptors (Lipinski definition) is 5. The number of carbonyl (C=O) groups is 1. The maximum atomic E-state index is 13.5. The van der Waals surface area contributed by atoms with Crippen molar-refractivity contribution in [1.29, 1.82) is 0 Å². The molecular formula is C26H28N2O5S. The van der Waals surface area contributed by atoms with Gasteiger partial charge in [-0.1, -0.05) is 48.9 Å². The molecule has 8 heteroatoms. The molecule has 0 saturated carbocycles. The van der Waals surface area contributed by atoms with Crippen LogP contribution in [0.2, 0.25) is 0 Å². The molecule has 0 bridgehead atoms. The average molecular weight is 481 g/mol. The van der Waals surface area contributed by atoms with Crippen LogP contribution in [0.15, 0.2) is 77.7 Å². The molecule has 2 atom stereocenters. The van der Waals surface area contributed by atoms with Crippen LogP contribution in [-0.2, 0) is 14.8 Å². The Bertz CT molecular complexity index is 1260. The maximum Gasteiger partial charge on any atom is 0.264 e. The number of rotatable bonds is 7. The van der Waals surface area contributed by atoms with Crippen LogP contribution < -0.4 is 19.1 Å². The quantitative estimate of drug-likeness (QED) is 0.547. The summed E-state index contributed by atoms with van der Waals surface area (Å²) in [5, 5.41) is 3.01. The molecule has 0 fully saturated rings. The van der Waals surface area contributed by atoms with Crippen LogP contribution >= 0.6 is 0 Å². The van der Waals surface area contributed by atoms with Gasteiger partial charge in [-0.15, -0.1) is 0 Å². The topological polar surface area (TPSA) is 84.9 Å². The van der Waals surface area contributed by atoms with E-state index in [0.717, 1.165) is 16.9 Å². The predicted molar refractivity (Wildman–Crippen MR) is 131 cm³/mol. The number of aryl methyl sites for hydroxylation is 1. The second kappa shape index (κ2) is 9.77. The van der Waals surface area contributed by atoms with Gasteiger partial charge in [-0.05, 0) is 55.3 Å². The van der Waals surface area contributed by atoms with Gasteiger partial charge >= 0.3 is 0 Å². The Morgan fingerprint density at radius 1 is 1.09 bits per heavy atom. The summed E-state index contributed by atoms with van der Waals surface area (Å²) in [4.78, 5) is 13.4. The van der Waals surface area contributed by atoms with Crippen LogP contribution in [0.1, 0.15) is 30.5 Å². The summed E-state index contributed by atoms with van der Waals surface area (Å²) >= 11 is 0. The molecule has 1 heterocycles. The molecule has 0 radical (unpaired) electrons. The van der Waals surface area contributed by atoms with E-state index in [-0.39, 0.29) is 23.4 Å².